The number of nitrogens with two attached hydrogens (primary N) is 1. The molecule has 0 radical (unpaired) electrons. The number of benzene rings is 1. The Labute approximate surface area is 114 Å². The highest BCUT2D eigenvalue weighted by molar-refractivity contribution is 5.95. The summed E-state index contributed by atoms with van der Waals surface area (Å²) >= 11 is 0. The van der Waals surface area contributed by atoms with Crippen molar-refractivity contribution in [2.45, 2.75) is 37.8 Å². The molecule has 2 atom stereocenters. The van der Waals surface area contributed by atoms with Gasteiger partial charge < -0.3 is 11.1 Å². The number of anilines is 1. The molecule has 19 heavy (non-hydrogen) atoms. The van der Waals surface area contributed by atoms with E-state index in [1.165, 1.54) is 25.8 Å². The van der Waals surface area contributed by atoms with Gasteiger partial charge in [0.05, 0.1) is 0 Å². The molecule has 1 aromatic carbocycles. The number of hydrogen-bond acceptors (Lipinski definition) is 3. The molecule has 1 aromatic rings. The molecule has 0 aromatic heterocycles. The quantitative estimate of drug-likeness (QED) is 0.794. The van der Waals surface area contributed by atoms with Gasteiger partial charge in [-0.3, -0.25) is 9.69 Å². The minimum Gasteiger partial charge on any atom is -0.399 e. The van der Waals surface area contributed by atoms with E-state index in [2.05, 4.69) is 10.2 Å². The lowest BCUT2D eigenvalue weighted by atomic mass is 9.99. The van der Waals surface area contributed by atoms with Crippen LogP contribution in [0.3, 0.4) is 0 Å². The first-order chi connectivity index (χ1) is 9.24. The third kappa shape index (κ3) is 2.59. The molecule has 0 bridgehead atoms. The molecule has 4 heteroatoms. The number of fused-ring (bicyclic) bond motifs is 1. The molecule has 102 valence electrons. The molecule has 3 N–H and O–H groups in total. The van der Waals surface area contributed by atoms with Crippen LogP contribution >= 0.6 is 0 Å². The third-order valence-electron chi connectivity index (χ3n) is 4.32. The lowest BCUT2D eigenvalue weighted by molar-refractivity contribution is 0.0915. The highest BCUT2D eigenvalue weighted by Crippen LogP contribution is 2.27. The molecule has 2 aliphatic heterocycles. The molecule has 1 amide bonds. The van der Waals surface area contributed by atoms with Gasteiger partial charge in [0.2, 0.25) is 0 Å². The van der Waals surface area contributed by atoms with E-state index in [1.54, 1.807) is 12.1 Å². The number of carbonyl (C=O) groups excluding carboxylic acids is 1. The Morgan fingerprint density at radius 3 is 3.00 bits per heavy atom. The van der Waals surface area contributed by atoms with Crippen LogP contribution < -0.4 is 11.1 Å². The maximum absolute atomic E-state index is 12.2. The minimum absolute atomic E-state index is 0.00437. The molecule has 2 aliphatic rings. The Kier molecular flexibility index (Phi) is 3.42. The average molecular weight is 259 g/mol. The predicted molar refractivity (Wildman–Crippen MR) is 75.9 cm³/mol. The molecule has 4 nitrogen and oxygen atoms in total. The summed E-state index contributed by atoms with van der Waals surface area (Å²) in [5, 5.41) is 3.19. The van der Waals surface area contributed by atoms with Gasteiger partial charge in [-0.1, -0.05) is 12.5 Å². The number of rotatable bonds is 2. The third-order valence-corrected chi connectivity index (χ3v) is 4.32. The first kappa shape index (κ1) is 12.5. The zero-order valence-corrected chi connectivity index (χ0v) is 11.1. The average Bonchev–Trinajstić information content (AvgIpc) is 2.82. The minimum atomic E-state index is 0.00437. The van der Waals surface area contributed by atoms with Crippen molar-refractivity contribution in [3.8, 4) is 0 Å². The van der Waals surface area contributed by atoms with Crippen LogP contribution in [0.1, 0.15) is 36.0 Å². The fraction of sp³-hybridized carbons (Fsp3) is 0.533. The maximum Gasteiger partial charge on any atom is 0.251 e. The Balaban J connectivity index is 1.66. The van der Waals surface area contributed by atoms with Crippen molar-refractivity contribution in [2.75, 3.05) is 18.8 Å². The van der Waals surface area contributed by atoms with Gasteiger partial charge in [-0.2, -0.15) is 0 Å². The number of amides is 1. The number of hydrogen-bond donors (Lipinski definition) is 2. The van der Waals surface area contributed by atoms with Crippen molar-refractivity contribution < 1.29 is 4.79 Å². The first-order valence-corrected chi connectivity index (χ1v) is 7.14. The zero-order valence-electron chi connectivity index (χ0n) is 11.1. The van der Waals surface area contributed by atoms with E-state index in [-0.39, 0.29) is 5.91 Å². The van der Waals surface area contributed by atoms with Gasteiger partial charge in [0.1, 0.15) is 0 Å². The van der Waals surface area contributed by atoms with E-state index >= 15 is 0 Å². The largest absolute Gasteiger partial charge is 0.399 e. The fourth-order valence-corrected chi connectivity index (χ4v) is 3.35. The van der Waals surface area contributed by atoms with Gasteiger partial charge >= 0.3 is 0 Å². The van der Waals surface area contributed by atoms with Gasteiger partial charge in [-0.25, -0.2) is 0 Å². The van der Waals surface area contributed by atoms with E-state index in [0.717, 1.165) is 13.0 Å². The molecule has 2 heterocycles. The summed E-state index contributed by atoms with van der Waals surface area (Å²) in [6, 6.07) is 8.02. The van der Waals surface area contributed by atoms with Crippen molar-refractivity contribution in [1.29, 1.82) is 0 Å². The molecule has 0 aliphatic carbocycles. The van der Waals surface area contributed by atoms with Crippen LogP contribution in [0.2, 0.25) is 0 Å². The molecule has 2 saturated heterocycles. The second-order valence-electron chi connectivity index (χ2n) is 5.59. The summed E-state index contributed by atoms with van der Waals surface area (Å²) in [5.41, 5.74) is 7.02. The lowest BCUT2D eigenvalue weighted by Crippen LogP contribution is -2.46. The Hall–Kier alpha value is -1.55. The summed E-state index contributed by atoms with van der Waals surface area (Å²) in [6.07, 6.45) is 4.86. The van der Waals surface area contributed by atoms with Crippen molar-refractivity contribution in [3.05, 3.63) is 29.8 Å². The fourth-order valence-electron chi connectivity index (χ4n) is 3.35. The van der Waals surface area contributed by atoms with Crippen LogP contribution in [0.25, 0.3) is 0 Å². The van der Waals surface area contributed by atoms with Gasteiger partial charge in [0.25, 0.3) is 5.91 Å². The monoisotopic (exact) mass is 259 g/mol. The summed E-state index contributed by atoms with van der Waals surface area (Å²) in [5.74, 6) is 0.00437. The first-order valence-electron chi connectivity index (χ1n) is 7.14. The SMILES string of the molecule is Nc1cccc(C(=O)NC2CCN3CCCCC23)c1. The predicted octanol–water partition coefficient (Wildman–Crippen LogP) is 1.63. The zero-order chi connectivity index (χ0) is 13.2. The van der Waals surface area contributed by atoms with Gasteiger partial charge in [0.15, 0.2) is 0 Å². The standard InChI is InChI=1S/C15H21N3O/c16-12-5-3-4-11(10-12)15(19)17-13-7-9-18-8-2-1-6-14(13)18/h3-5,10,13-14H,1-2,6-9,16H2,(H,17,19). The van der Waals surface area contributed by atoms with Crippen molar-refractivity contribution in [1.82, 2.24) is 10.2 Å². The molecule has 2 fully saturated rings. The highest BCUT2D eigenvalue weighted by atomic mass is 16.1. The van der Waals surface area contributed by atoms with Crippen LogP contribution in [0.15, 0.2) is 24.3 Å². The van der Waals surface area contributed by atoms with Gasteiger partial charge in [-0.15, -0.1) is 0 Å². The van der Waals surface area contributed by atoms with Crippen LogP contribution in [-0.2, 0) is 0 Å². The van der Waals surface area contributed by atoms with Crippen LogP contribution in [0.5, 0.6) is 0 Å². The number of piperidine rings is 1. The van der Waals surface area contributed by atoms with E-state index in [4.69, 9.17) is 5.73 Å². The van der Waals surface area contributed by atoms with Crippen molar-refractivity contribution in [3.63, 3.8) is 0 Å². The second kappa shape index (κ2) is 5.21. The van der Waals surface area contributed by atoms with Crippen LogP contribution in [0.4, 0.5) is 5.69 Å². The summed E-state index contributed by atoms with van der Waals surface area (Å²) < 4.78 is 0. The Bertz CT molecular complexity index is 474. The summed E-state index contributed by atoms with van der Waals surface area (Å²) in [4.78, 5) is 14.8. The topological polar surface area (TPSA) is 58.4 Å². The van der Waals surface area contributed by atoms with Crippen molar-refractivity contribution >= 4 is 11.6 Å². The van der Waals surface area contributed by atoms with Gasteiger partial charge in [0, 0.05) is 29.9 Å². The second-order valence-corrected chi connectivity index (χ2v) is 5.59. The Morgan fingerprint density at radius 1 is 1.26 bits per heavy atom. The smallest absolute Gasteiger partial charge is 0.251 e. The summed E-state index contributed by atoms with van der Waals surface area (Å²) in [7, 11) is 0. The van der Waals surface area contributed by atoms with E-state index in [1.807, 2.05) is 12.1 Å². The molecule has 3 rings (SSSR count). The molecule has 0 spiro atoms. The van der Waals surface area contributed by atoms with Crippen LogP contribution in [-0.4, -0.2) is 36.0 Å². The lowest BCUT2D eigenvalue weighted by Gasteiger charge is -2.32. The van der Waals surface area contributed by atoms with Crippen molar-refractivity contribution in [2.24, 2.45) is 0 Å². The van der Waals surface area contributed by atoms with E-state index < -0.39 is 0 Å². The molecule has 2 unspecified atom stereocenters. The highest BCUT2D eigenvalue weighted by Gasteiger charge is 2.36. The number of nitrogens with one attached hydrogen (secondary N) is 1. The number of nitrogens with zero attached hydrogens (tertiary/aromatic N) is 1. The van der Waals surface area contributed by atoms with E-state index in [9.17, 15) is 4.79 Å². The summed E-state index contributed by atoms with van der Waals surface area (Å²) in [6.45, 7) is 2.31. The Morgan fingerprint density at radius 2 is 2.16 bits per heavy atom. The number of nitrogen functional groups attached to an aromatic ring is 1. The molecule has 0 saturated carbocycles. The number of carbonyl (C=O) groups is 1. The maximum atomic E-state index is 12.2. The normalized spacial score (nSPS) is 26.9. The van der Waals surface area contributed by atoms with Crippen LogP contribution in [0, 0.1) is 0 Å². The molecular weight excluding hydrogens is 238 g/mol. The molecular formula is C15H21N3O. The van der Waals surface area contributed by atoms with E-state index in [0.29, 0.717) is 23.3 Å². The van der Waals surface area contributed by atoms with Gasteiger partial charge in [-0.05, 0) is 44.0 Å².